The zero-order valence-corrected chi connectivity index (χ0v) is 15.6. The molecule has 3 N–H and O–H groups in total. The first kappa shape index (κ1) is 18.2. The van der Waals surface area contributed by atoms with Crippen molar-refractivity contribution in [3.63, 3.8) is 0 Å². The van der Waals surface area contributed by atoms with Gasteiger partial charge in [-0.25, -0.2) is 9.78 Å². The standard InChI is InChI=1S/C18H28N4O2S/c23-16(11-12-19-17(24)20-13-7-3-1-4-8-13)22-18-21-14-9-5-2-6-10-15(14)25-18/h13H,1-12H2,(H2,19,20,24)(H,21,22,23). The maximum atomic E-state index is 12.0. The lowest BCUT2D eigenvalue weighted by molar-refractivity contribution is -0.116. The zero-order chi connectivity index (χ0) is 17.5. The van der Waals surface area contributed by atoms with Crippen LogP contribution in [-0.2, 0) is 17.6 Å². The number of urea groups is 1. The van der Waals surface area contributed by atoms with Gasteiger partial charge >= 0.3 is 6.03 Å². The molecule has 1 fully saturated rings. The summed E-state index contributed by atoms with van der Waals surface area (Å²) in [5, 5.41) is 9.33. The Hall–Kier alpha value is -1.63. The van der Waals surface area contributed by atoms with Crippen molar-refractivity contribution in [3.05, 3.63) is 10.6 Å². The monoisotopic (exact) mass is 364 g/mol. The molecule has 2 aliphatic rings. The second-order valence-corrected chi connectivity index (χ2v) is 8.07. The molecular weight excluding hydrogens is 336 g/mol. The van der Waals surface area contributed by atoms with Gasteiger partial charge in [0.1, 0.15) is 0 Å². The molecule has 0 aromatic carbocycles. The summed E-state index contributed by atoms with van der Waals surface area (Å²) in [4.78, 5) is 29.8. The first-order valence-electron chi connectivity index (χ1n) is 9.53. The van der Waals surface area contributed by atoms with E-state index in [2.05, 4.69) is 20.9 Å². The zero-order valence-electron chi connectivity index (χ0n) is 14.7. The van der Waals surface area contributed by atoms with Crippen molar-refractivity contribution < 1.29 is 9.59 Å². The van der Waals surface area contributed by atoms with Crippen LogP contribution < -0.4 is 16.0 Å². The number of nitrogens with one attached hydrogen (secondary N) is 3. The molecule has 138 valence electrons. The van der Waals surface area contributed by atoms with Crippen LogP contribution in [0, 0.1) is 0 Å². The van der Waals surface area contributed by atoms with Crippen LogP contribution in [-0.4, -0.2) is 29.5 Å². The first-order valence-corrected chi connectivity index (χ1v) is 10.3. The molecule has 0 aliphatic heterocycles. The Balaban J connectivity index is 1.36. The first-order chi connectivity index (χ1) is 12.2. The van der Waals surface area contributed by atoms with Gasteiger partial charge in [-0.15, -0.1) is 11.3 Å². The van der Waals surface area contributed by atoms with Crippen LogP contribution in [0.1, 0.15) is 68.4 Å². The van der Waals surface area contributed by atoms with Gasteiger partial charge in [-0.2, -0.15) is 0 Å². The van der Waals surface area contributed by atoms with Crippen molar-refractivity contribution in [2.75, 3.05) is 11.9 Å². The molecule has 0 unspecified atom stereocenters. The third-order valence-corrected chi connectivity index (χ3v) is 5.99. The average Bonchev–Trinajstić information content (AvgIpc) is 2.84. The topological polar surface area (TPSA) is 83.1 Å². The molecule has 2 aliphatic carbocycles. The molecule has 0 atom stereocenters. The fourth-order valence-electron chi connectivity index (χ4n) is 3.54. The average molecular weight is 365 g/mol. The molecule has 3 amide bonds. The van der Waals surface area contributed by atoms with Crippen LogP contribution in [0.4, 0.5) is 9.93 Å². The summed E-state index contributed by atoms with van der Waals surface area (Å²) in [7, 11) is 0. The maximum Gasteiger partial charge on any atom is 0.315 e. The fraction of sp³-hybridized carbons (Fsp3) is 0.722. The van der Waals surface area contributed by atoms with E-state index in [4.69, 9.17) is 0 Å². The number of rotatable bonds is 5. The fourth-order valence-corrected chi connectivity index (χ4v) is 4.60. The van der Waals surface area contributed by atoms with Gasteiger partial charge in [-0.3, -0.25) is 4.79 Å². The number of aryl methyl sites for hydroxylation is 2. The van der Waals surface area contributed by atoms with E-state index in [1.807, 2.05) is 0 Å². The lowest BCUT2D eigenvalue weighted by Gasteiger charge is -2.22. The summed E-state index contributed by atoms with van der Waals surface area (Å²) in [5.74, 6) is -0.0955. The van der Waals surface area contributed by atoms with Crippen molar-refractivity contribution in [2.24, 2.45) is 0 Å². The predicted octanol–water partition coefficient (Wildman–Crippen LogP) is 3.37. The number of anilines is 1. The number of carbonyl (C=O) groups is 2. The number of aromatic nitrogens is 1. The van der Waals surface area contributed by atoms with Gasteiger partial charge in [-0.05, 0) is 38.5 Å². The quantitative estimate of drug-likeness (QED) is 0.701. The minimum Gasteiger partial charge on any atom is -0.338 e. The van der Waals surface area contributed by atoms with Crippen molar-refractivity contribution in [2.45, 2.75) is 76.7 Å². The Morgan fingerprint density at radius 1 is 1.04 bits per heavy atom. The van der Waals surface area contributed by atoms with E-state index in [0.717, 1.165) is 31.4 Å². The van der Waals surface area contributed by atoms with Crippen LogP contribution in [0.2, 0.25) is 0 Å². The number of carbonyl (C=O) groups excluding carboxylic acids is 2. The molecule has 25 heavy (non-hydrogen) atoms. The van der Waals surface area contributed by atoms with Crippen molar-refractivity contribution >= 4 is 28.4 Å². The molecule has 3 rings (SSSR count). The number of fused-ring (bicyclic) bond motifs is 1. The highest BCUT2D eigenvalue weighted by Crippen LogP contribution is 2.28. The van der Waals surface area contributed by atoms with E-state index in [-0.39, 0.29) is 24.4 Å². The molecule has 1 saturated carbocycles. The van der Waals surface area contributed by atoms with Gasteiger partial charge in [0.2, 0.25) is 5.91 Å². The van der Waals surface area contributed by atoms with Gasteiger partial charge < -0.3 is 16.0 Å². The summed E-state index contributed by atoms with van der Waals surface area (Å²) in [6, 6.07) is 0.119. The van der Waals surface area contributed by atoms with Crippen molar-refractivity contribution in [1.29, 1.82) is 0 Å². The minimum absolute atomic E-state index is 0.0955. The van der Waals surface area contributed by atoms with Crippen LogP contribution >= 0.6 is 11.3 Å². The summed E-state index contributed by atoms with van der Waals surface area (Å²) in [6.45, 7) is 0.343. The number of thiazole rings is 1. The maximum absolute atomic E-state index is 12.0. The lowest BCUT2D eigenvalue weighted by atomic mass is 9.96. The van der Waals surface area contributed by atoms with Gasteiger partial charge in [0.25, 0.3) is 0 Å². The Kier molecular flexibility index (Phi) is 6.67. The minimum atomic E-state index is -0.166. The number of amides is 3. The van der Waals surface area contributed by atoms with Gasteiger partial charge in [0, 0.05) is 23.9 Å². The van der Waals surface area contributed by atoms with Gasteiger partial charge in [0.15, 0.2) is 5.13 Å². The largest absolute Gasteiger partial charge is 0.338 e. The Bertz CT molecular complexity index is 572. The highest BCUT2D eigenvalue weighted by atomic mass is 32.1. The molecule has 1 aromatic heterocycles. The molecule has 0 spiro atoms. The number of nitrogens with zero attached hydrogens (tertiary/aromatic N) is 1. The van der Waals surface area contributed by atoms with E-state index < -0.39 is 0 Å². The molecule has 0 bridgehead atoms. The van der Waals surface area contributed by atoms with Crippen LogP contribution in [0.5, 0.6) is 0 Å². The Morgan fingerprint density at radius 2 is 1.80 bits per heavy atom. The van der Waals surface area contributed by atoms with E-state index in [1.165, 1.54) is 43.4 Å². The van der Waals surface area contributed by atoms with Crippen molar-refractivity contribution in [1.82, 2.24) is 15.6 Å². The number of hydrogen-bond donors (Lipinski definition) is 3. The smallest absolute Gasteiger partial charge is 0.315 e. The van der Waals surface area contributed by atoms with Gasteiger partial charge in [-0.1, -0.05) is 25.7 Å². The van der Waals surface area contributed by atoms with Crippen LogP contribution in [0.3, 0.4) is 0 Å². The Morgan fingerprint density at radius 3 is 2.64 bits per heavy atom. The third-order valence-electron chi connectivity index (χ3n) is 4.92. The van der Waals surface area contributed by atoms with Crippen LogP contribution in [0.15, 0.2) is 0 Å². The molecule has 1 heterocycles. The Labute approximate surface area is 153 Å². The summed E-state index contributed by atoms with van der Waals surface area (Å²) in [5.41, 5.74) is 1.16. The van der Waals surface area contributed by atoms with E-state index in [0.29, 0.717) is 11.7 Å². The van der Waals surface area contributed by atoms with E-state index >= 15 is 0 Å². The third kappa shape index (κ3) is 5.70. The molecule has 6 nitrogen and oxygen atoms in total. The summed E-state index contributed by atoms with van der Waals surface area (Å²) in [6.07, 6.45) is 11.8. The molecule has 7 heteroatoms. The molecular formula is C18H28N4O2S. The highest BCUT2D eigenvalue weighted by Gasteiger charge is 2.17. The summed E-state index contributed by atoms with van der Waals surface area (Å²) < 4.78 is 0. The lowest BCUT2D eigenvalue weighted by Crippen LogP contribution is -2.43. The molecule has 1 aromatic rings. The SMILES string of the molecule is O=C(CCNC(=O)NC1CCCCC1)Nc1nc2c(s1)CCCCC2. The van der Waals surface area contributed by atoms with E-state index in [9.17, 15) is 9.59 Å². The van der Waals surface area contributed by atoms with Crippen LogP contribution in [0.25, 0.3) is 0 Å². The second-order valence-electron chi connectivity index (χ2n) is 6.98. The molecule has 0 saturated heterocycles. The van der Waals surface area contributed by atoms with Gasteiger partial charge in [0.05, 0.1) is 5.69 Å². The second kappa shape index (κ2) is 9.17. The number of hydrogen-bond acceptors (Lipinski definition) is 4. The highest BCUT2D eigenvalue weighted by molar-refractivity contribution is 7.15. The van der Waals surface area contributed by atoms with Crippen molar-refractivity contribution in [3.8, 4) is 0 Å². The normalized spacial score (nSPS) is 18.1. The summed E-state index contributed by atoms with van der Waals surface area (Å²) >= 11 is 1.60. The molecule has 0 radical (unpaired) electrons. The van der Waals surface area contributed by atoms with E-state index in [1.54, 1.807) is 11.3 Å². The predicted molar refractivity (Wildman–Crippen MR) is 100 cm³/mol.